The van der Waals surface area contributed by atoms with Crippen LogP contribution in [0, 0.1) is 11.2 Å². The molecule has 3 N–H and O–H groups in total. The van der Waals surface area contributed by atoms with Gasteiger partial charge in [0.2, 0.25) is 5.91 Å². The lowest BCUT2D eigenvalue weighted by Crippen LogP contribution is -2.48. The Kier molecular flexibility index (Phi) is 7.64. The highest BCUT2D eigenvalue weighted by atomic mass is 127. The number of benzene rings is 1. The first-order valence-corrected chi connectivity index (χ1v) is 8.26. The Balaban J connectivity index is 0.00000312. The monoisotopic (exact) mass is 462 g/mol. The van der Waals surface area contributed by atoms with E-state index in [1.54, 1.807) is 26.2 Å². The molecule has 0 aliphatic heterocycles. The highest BCUT2D eigenvalue weighted by Crippen LogP contribution is 2.47. The summed E-state index contributed by atoms with van der Waals surface area (Å²) < 4.78 is 13.5. The fourth-order valence-electron chi connectivity index (χ4n) is 2.73. The normalized spacial score (nSPS) is 15.8. The Morgan fingerprint density at radius 1 is 1.32 bits per heavy atom. The summed E-state index contributed by atoms with van der Waals surface area (Å²) in [5.74, 6) is 0.423. The maximum atomic E-state index is 13.5. The standard InChI is InChI=1S/C18H27FN4O.HI/c1-17(2,15(24)20-3)11-22-16(21-4)23-12-18(8-9-18)13-6-5-7-14(19)10-13;/h5-7,10H,8-9,11-12H2,1-4H3,(H,20,24)(H2,21,22,23);1H. The number of carbonyl (C=O) groups is 1. The minimum atomic E-state index is -0.536. The van der Waals surface area contributed by atoms with Crippen LogP contribution in [0.15, 0.2) is 29.3 Å². The number of hydrogen-bond donors (Lipinski definition) is 3. The van der Waals surface area contributed by atoms with Crippen LogP contribution in [0.5, 0.6) is 0 Å². The van der Waals surface area contributed by atoms with Crippen molar-refractivity contribution in [3.63, 3.8) is 0 Å². The van der Waals surface area contributed by atoms with Gasteiger partial charge >= 0.3 is 0 Å². The lowest BCUT2D eigenvalue weighted by atomic mass is 9.92. The molecular weight excluding hydrogens is 434 g/mol. The second-order valence-corrected chi connectivity index (χ2v) is 7.03. The van der Waals surface area contributed by atoms with Crippen LogP contribution >= 0.6 is 24.0 Å². The fourth-order valence-corrected chi connectivity index (χ4v) is 2.73. The van der Waals surface area contributed by atoms with Crippen LogP contribution in [-0.4, -0.2) is 39.1 Å². The Hall–Kier alpha value is -1.38. The number of nitrogens with zero attached hydrogens (tertiary/aromatic N) is 1. The summed E-state index contributed by atoms with van der Waals surface area (Å²) in [5, 5.41) is 9.16. The Bertz CT molecular complexity index is 629. The maximum absolute atomic E-state index is 13.5. The first kappa shape index (κ1) is 21.7. The molecule has 1 aliphatic rings. The number of halogens is 2. The number of nitrogens with one attached hydrogen (secondary N) is 3. The van der Waals surface area contributed by atoms with E-state index in [1.165, 1.54) is 6.07 Å². The topological polar surface area (TPSA) is 65.5 Å². The Morgan fingerprint density at radius 3 is 2.52 bits per heavy atom. The third-order valence-electron chi connectivity index (χ3n) is 4.65. The predicted octanol–water partition coefficient (Wildman–Crippen LogP) is 2.41. The van der Waals surface area contributed by atoms with Crippen molar-refractivity contribution in [1.82, 2.24) is 16.0 Å². The van der Waals surface area contributed by atoms with Gasteiger partial charge in [0.05, 0.1) is 5.41 Å². The summed E-state index contributed by atoms with van der Waals surface area (Å²) in [7, 11) is 3.33. The molecule has 0 saturated heterocycles. The number of rotatable bonds is 6. The first-order valence-electron chi connectivity index (χ1n) is 8.26. The molecule has 0 radical (unpaired) electrons. The van der Waals surface area contributed by atoms with Gasteiger partial charge < -0.3 is 16.0 Å². The number of hydrogen-bond acceptors (Lipinski definition) is 2. The zero-order valence-corrected chi connectivity index (χ0v) is 17.6. The molecule has 0 aromatic heterocycles. The molecule has 0 unspecified atom stereocenters. The second kappa shape index (κ2) is 8.82. The molecule has 1 aromatic rings. The van der Waals surface area contributed by atoms with Gasteiger partial charge in [0.15, 0.2) is 5.96 Å². The van der Waals surface area contributed by atoms with E-state index in [4.69, 9.17) is 0 Å². The van der Waals surface area contributed by atoms with Crippen molar-refractivity contribution in [1.29, 1.82) is 0 Å². The van der Waals surface area contributed by atoms with E-state index in [1.807, 2.05) is 19.9 Å². The van der Waals surface area contributed by atoms with Gasteiger partial charge in [0, 0.05) is 32.6 Å². The molecule has 0 spiro atoms. The highest BCUT2D eigenvalue weighted by Gasteiger charge is 2.44. The van der Waals surface area contributed by atoms with Crippen molar-refractivity contribution in [3.8, 4) is 0 Å². The van der Waals surface area contributed by atoms with Gasteiger partial charge in [0.1, 0.15) is 5.82 Å². The lowest BCUT2D eigenvalue weighted by Gasteiger charge is -2.25. The van der Waals surface area contributed by atoms with Crippen LogP contribution in [0.2, 0.25) is 0 Å². The predicted molar refractivity (Wildman–Crippen MR) is 110 cm³/mol. The summed E-state index contributed by atoms with van der Waals surface area (Å²) in [5.41, 5.74) is 0.471. The molecule has 0 atom stereocenters. The zero-order valence-electron chi connectivity index (χ0n) is 15.3. The molecule has 1 aromatic carbocycles. The molecular formula is C18H28FIN4O. The van der Waals surface area contributed by atoms with Crippen molar-refractivity contribution >= 4 is 35.8 Å². The highest BCUT2D eigenvalue weighted by molar-refractivity contribution is 14.0. The van der Waals surface area contributed by atoms with E-state index in [0.717, 1.165) is 18.4 Å². The maximum Gasteiger partial charge on any atom is 0.227 e. The lowest BCUT2D eigenvalue weighted by molar-refractivity contribution is -0.128. The van der Waals surface area contributed by atoms with Crippen molar-refractivity contribution in [2.24, 2.45) is 10.4 Å². The van der Waals surface area contributed by atoms with E-state index in [2.05, 4.69) is 20.9 Å². The molecule has 1 aliphatic carbocycles. The fraction of sp³-hybridized carbons (Fsp3) is 0.556. The van der Waals surface area contributed by atoms with E-state index in [0.29, 0.717) is 19.0 Å². The number of carbonyl (C=O) groups excluding carboxylic acids is 1. The number of amides is 1. The van der Waals surface area contributed by atoms with Crippen LogP contribution in [-0.2, 0) is 10.2 Å². The van der Waals surface area contributed by atoms with Gasteiger partial charge in [-0.2, -0.15) is 0 Å². The SMILES string of the molecule is CN=C(NCC(C)(C)C(=O)NC)NCC1(c2cccc(F)c2)CC1.I. The second-order valence-electron chi connectivity index (χ2n) is 7.03. The van der Waals surface area contributed by atoms with Crippen molar-refractivity contribution in [3.05, 3.63) is 35.6 Å². The van der Waals surface area contributed by atoms with Crippen LogP contribution in [0.4, 0.5) is 4.39 Å². The smallest absolute Gasteiger partial charge is 0.227 e. The minimum absolute atomic E-state index is 0. The quantitative estimate of drug-likeness (QED) is 0.346. The van der Waals surface area contributed by atoms with Gasteiger partial charge in [-0.15, -0.1) is 24.0 Å². The van der Waals surface area contributed by atoms with Crippen molar-refractivity contribution < 1.29 is 9.18 Å². The molecule has 2 rings (SSSR count). The van der Waals surface area contributed by atoms with Gasteiger partial charge in [-0.05, 0) is 44.4 Å². The van der Waals surface area contributed by atoms with E-state index in [-0.39, 0.29) is 41.1 Å². The summed E-state index contributed by atoms with van der Waals surface area (Å²) in [6, 6.07) is 6.81. The average Bonchev–Trinajstić information content (AvgIpc) is 3.35. The number of aliphatic imine (C=N–C) groups is 1. The third kappa shape index (κ3) is 5.55. The molecule has 1 fully saturated rings. The van der Waals surface area contributed by atoms with Crippen molar-refractivity contribution in [2.45, 2.75) is 32.1 Å². The van der Waals surface area contributed by atoms with Gasteiger partial charge in [0.25, 0.3) is 0 Å². The molecule has 25 heavy (non-hydrogen) atoms. The number of guanidine groups is 1. The Morgan fingerprint density at radius 2 is 2.00 bits per heavy atom. The summed E-state index contributed by atoms with van der Waals surface area (Å²) in [4.78, 5) is 16.0. The summed E-state index contributed by atoms with van der Waals surface area (Å²) >= 11 is 0. The average molecular weight is 462 g/mol. The van der Waals surface area contributed by atoms with Gasteiger partial charge in [-0.25, -0.2) is 4.39 Å². The van der Waals surface area contributed by atoms with E-state index < -0.39 is 5.41 Å². The van der Waals surface area contributed by atoms with Gasteiger partial charge in [-0.1, -0.05) is 12.1 Å². The van der Waals surface area contributed by atoms with E-state index >= 15 is 0 Å². The Labute approximate surface area is 166 Å². The molecule has 0 heterocycles. The van der Waals surface area contributed by atoms with Crippen LogP contribution in [0.3, 0.4) is 0 Å². The first-order chi connectivity index (χ1) is 11.3. The third-order valence-corrected chi connectivity index (χ3v) is 4.65. The minimum Gasteiger partial charge on any atom is -0.359 e. The molecule has 1 amide bonds. The van der Waals surface area contributed by atoms with Crippen LogP contribution in [0.25, 0.3) is 0 Å². The molecule has 0 bridgehead atoms. The van der Waals surface area contributed by atoms with Crippen LogP contribution < -0.4 is 16.0 Å². The zero-order chi connectivity index (χ0) is 17.8. The molecule has 5 nitrogen and oxygen atoms in total. The molecule has 7 heteroatoms. The summed E-state index contributed by atoms with van der Waals surface area (Å²) in [6.07, 6.45) is 2.06. The van der Waals surface area contributed by atoms with E-state index in [9.17, 15) is 9.18 Å². The van der Waals surface area contributed by atoms with Gasteiger partial charge in [-0.3, -0.25) is 9.79 Å². The largest absolute Gasteiger partial charge is 0.359 e. The van der Waals surface area contributed by atoms with Crippen molar-refractivity contribution in [2.75, 3.05) is 27.2 Å². The molecule has 140 valence electrons. The van der Waals surface area contributed by atoms with Crippen LogP contribution in [0.1, 0.15) is 32.3 Å². The summed E-state index contributed by atoms with van der Waals surface area (Å²) in [6.45, 7) is 4.92. The molecule has 1 saturated carbocycles.